The van der Waals surface area contributed by atoms with Gasteiger partial charge in [-0.15, -0.1) is 0 Å². The first kappa shape index (κ1) is 10.7. The molecule has 14 heavy (non-hydrogen) atoms. The average molecular weight is 216 g/mol. The van der Waals surface area contributed by atoms with Crippen LogP contribution < -0.4 is 4.18 Å². The quantitative estimate of drug-likeness (QED) is 0.602. The van der Waals surface area contributed by atoms with Crippen molar-refractivity contribution in [3.63, 3.8) is 0 Å². The summed E-state index contributed by atoms with van der Waals surface area (Å²) >= 11 is 0. The van der Waals surface area contributed by atoms with E-state index in [-0.39, 0.29) is 5.75 Å². The molecule has 0 saturated carbocycles. The minimum Gasteiger partial charge on any atom is -0.362 e. The number of carbonyl (C=O) groups is 1. The number of hydrogen-bond acceptors (Lipinski definition) is 4. The first-order chi connectivity index (χ1) is 6.42. The molecule has 0 saturated heterocycles. The van der Waals surface area contributed by atoms with E-state index in [1.54, 1.807) is 6.92 Å². The fourth-order valence-corrected chi connectivity index (χ4v) is 1.27. The van der Waals surface area contributed by atoms with Crippen LogP contribution in [0.5, 0.6) is 5.75 Å². The van der Waals surface area contributed by atoms with Crippen LogP contribution in [0, 0.1) is 6.92 Å². The summed E-state index contributed by atoms with van der Waals surface area (Å²) in [6.07, 6.45) is 0.576. The van der Waals surface area contributed by atoms with Crippen LogP contribution in [-0.4, -0.2) is 19.3 Å². The predicted octanol–water partition coefficient (Wildman–Crippen LogP) is 0.989. The second-order valence-corrected chi connectivity index (χ2v) is 3.67. The van der Waals surface area contributed by atoms with Crippen LogP contribution in [0.3, 0.4) is 0 Å². The number of carbonyl (C=O) groups excluding carboxylic acids is 1. The normalized spacial score (nSPS) is 11.0. The number of aryl methyl sites for hydroxylation is 1. The lowest BCUT2D eigenvalue weighted by molar-refractivity contribution is 0.112. The predicted molar refractivity (Wildman–Crippen MR) is 48.7 cm³/mol. The minimum atomic E-state index is -4.53. The Labute approximate surface area is 81.3 Å². The van der Waals surface area contributed by atoms with Gasteiger partial charge in [0.15, 0.2) is 0 Å². The molecule has 0 aliphatic rings. The van der Waals surface area contributed by atoms with Gasteiger partial charge in [-0.05, 0) is 24.6 Å². The molecule has 0 bridgehead atoms. The zero-order valence-electron chi connectivity index (χ0n) is 7.30. The second-order valence-electron chi connectivity index (χ2n) is 2.65. The molecule has 76 valence electrons. The molecule has 0 spiro atoms. The molecule has 0 radical (unpaired) electrons. The molecule has 0 amide bonds. The van der Waals surface area contributed by atoms with Crippen LogP contribution in [0.4, 0.5) is 0 Å². The van der Waals surface area contributed by atoms with Crippen molar-refractivity contribution < 1.29 is 21.9 Å². The van der Waals surface area contributed by atoms with Gasteiger partial charge in [0.1, 0.15) is 12.0 Å². The molecule has 1 N–H and O–H groups in total. The molecule has 1 aromatic carbocycles. The van der Waals surface area contributed by atoms with Crippen LogP contribution in [0.2, 0.25) is 0 Å². The Hall–Kier alpha value is -1.40. The van der Waals surface area contributed by atoms with Crippen molar-refractivity contribution in [1.29, 1.82) is 0 Å². The van der Waals surface area contributed by atoms with Crippen molar-refractivity contribution in [2.24, 2.45) is 0 Å². The summed E-state index contributed by atoms with van der Waals surface area (Å²) in [6, 6.07) is 4.09. The Bertz CT molecular complexity index is 449. The van der Waals surface area contributed by atoms with E-state index >= 15 is 0 Å². The highest BCUT2D eigenvalue weighted by Gasteiger charge is 2.08. The molecule has 0 heterocycles. The summed E-state index contributed by atoms with van der Waals surface area (Å²) in [6.45, 7) is 1.70. The van der Waals surface area contributed by atoms with E-state index in [0.717, 1.165) is 0 Å². The van der Waals surface area contributed by atoms with Crippen molar-refractivity contribution in [3.05, 3.63) is 29.3 Å². The van der Waals surface area contributed by atoms with Gasteiger partial charge in [-0.3, -0.25) is 9.35 Å². The van der Waals surface area contributed by atoms with E-state index in [2.05, 4.69) is 4.18 Å². The van der Waals surface area contributed by atoms with Crippen molar-refractivity contribution >= 4 is 16.7 Å². The Morgan fingerprint density at radius 1 is 1.43 bits per heavy atom. The molecule has 0 atom stereocenters. The van der Waals surface area contributed by atoms with Gasteiger partial charge in [-0.25, -0.2) is 0 Å². The molecule has 5 nitrogen and oxygen atoms in total. The van der Waals surface area contributed by atoms with Gasteiger partial charge in [-0.2, -0.15) is 8.42 Å². The van der Waals surface area contributed by atoms with Crippen LogP contribution in [-0.2, 0) is 10.4 Å². The highest BCUT2D eigenvalue weighted by molar-refractivity contribution is 7.81. The summed E-state index contributed by atoms with van der Waals surface area (Å²) in [4.78, 5) is 10.5. The Morgan fingerprint density at radius 2 is 2.07 bits per heavy atom. The molecule has 1 rings (SSSR count). The van der Waals surface area contributed by atoms with E-state index in [0.29, 0.717) is 17.4 Å². The molecule has 0 aromatic heterocycles. The third-order valence-electron chi connectivity index (χ3n) is 1.58. The minimum absolute atomic E-state index is 0.0970. The third kappa shape index (κ3) is 2.82. The number of aldehydes is 1. The smallest absolute Gasteiger partial charge is 0.362 e. The van der Waals surface area contributed by atoms with Crippen LogP contribution in [0.1, 0.15) is 15.9 Å². The largest absolute Gasteiger partial charge is 0.446 e. The van der Waals surface area contributed by atoms with E-state index in [1.165, 1.54) is 18.2 Å². The summed E-state index contributed by atoms with van der Waals surface area (Å²) in [5.41, 5.74) is 1.01. The molecule has 0 unspecified atom stereocenters. The first-order valence-electron chi connectivity index (χ1n) is 3.65. The molecule has 6 heteroatoms. The molecular formula is C8H8O5S. The summed E-state index contributed by atoms with van der Waals surface area (Å²) in [7, 11) is -4.53. The second kappa shape index (κ2) is 3.77. The Kier molecular flexibility index (Phi) is 2.87. The van der Waals surface area contributed by atoms with E-state index in [9.17, 15) is 13.2 Å². The fourth-order valence-electron chi connectivity index (χ4n) is 0.919. The Balaban J connectivity index is 3.07. The molecule has 1 aromatic rings. The number of benzene rings is 1. The van der Waals surface area contributed by atoms with Gasteiger partial charge >= 0.3 is 10.4 Å². The van der Waals surface area contributed by atoms with Gasteiger partial charge in [0.2, 0.25) is 0 Å². The molecular weight excluding hydrogens is 208 g/mol. The van der Waals surface area contributed by atoms with E-state index in [1.807, 2.05) is 0 Å². The zero-order valence-corrected chi connectivity index (χ0v) is 8.11. The van der Waals surface area contributed by atoms with Gasteiger partial charge in [0, 0.05) is 5.56 Å². The van der Waals surface area contributed by atoms with Gasteiger partial charge in [0.25, 0.3) is 0 Å². The summed E-state index contributed by atoms with van der Waals surface area (Å²) < 4.78 is 33.2. The average Bonchev–Trinajstić information content (AvgIpc) is 2.06. The zero-order chi connectivity index (χ0) is 10.8. The maximum atomic E-state index is 10.5. The SMILES string of the molecule is Cc1ccc(OS(=O)(=O)O)cc1C=O. The summed E-state index contributed by atoms with van der Waals surface area (Å²) in [5.74, 6) is -0.0970. The standard InChI is InChI=1S/C8H8O5S/c1-6-2-3-8(4-7(6)5-9)13-14(10,11)12/h2-5H,1H3,(H,10,11,12). The van der Waals surface area contributed by atoms with Crippen LogP contribution in [0.15, 0.2) is 18.2 Å². The molecule has 0 aliphatic carbocycles. The van der Waals surface area contributed by atoms with Gasteiger partial charge in [-0.1, -0.05) is 6.07 Å². The van der Waals surface area contributed by atoms with Gasteiger partial charge in [0.05, 0.1) is 0 Å². The topological polar surface area (TPSA) is 80.7 Å². The van der Waals surface area contributed by atoms with E-state index < -0.39 is 10.4 Å². The maximum absolute atomic E-state index is 10.5. The lowest BCUT2D eigenvalue weighted by atomic mass is 10.1. The van der Waals surface area contributed by atoms with Crippen molar-refractivity contribution in [1.82, 2.24) is 0 Å². The lowest BCUT2D eigenvalue weighted by Gasteiger charge is -2.03. The number of rotatable bonds is 3. The Morgan fingerprint density at radius 3 is 2.57 bits per heavy atom. The highest BCUT2D eigenvalue weighted by atomic mass is 32.3. The molecule has 0 aliphatic heterocycles. The fraction of sp³-hybridized carbons (Fsp3) is 0.125. The highest BCUT2D eigenvalue weighted by Crippen LogP contribution is 2.17. The monoisotopic (exact) mass is 216 g/mol. The van der Waals surface area contributed by atoms with Crippen molar-refractivity contribution in [3.8, 4) is 5.75 Å². The van der Waals surface area contributed by atoms with Gasteiger partial charge < -0.3 is 4.18 Å². The third-order valence-corrected chi connectivity index (χ3v) is 1.98. The van der Waals surface area contributed by atoms with E-state index in [4.69, 9.17) is 4.55 Å². The van der Waals surface area contributed by atoms with Crippen LogP contribution >= 0.6 is 0 Å². The number of hydrogen-bond donors (Lipinski definition) is 1. The molecule has 0 fully saturated rings. The first-order valence-corrected chi connectivity index (χ1v) is 5.01. The lowest BCUT2D eigenvalue weighted by Crippen LogP contribution is -2.06. The summed E-state index contributed by atoms with van der Waals surface area (Å²) in [5, 5.41) is 0. The van der Waals surface area contributed by atoms with Crippen LogP contribution in [0.25, 0.3) is 0 Å². The maximum Gasteiger partial charge on any atom is 0.446 e. The van der Waals surface area contributed by atoms with Crippen molar-refractivity contribution in [2.75, 3.05) is 0 Å². The van der Waals surface area contributed by atoms with Crippen molar-refractivity contribution in [2.45, 2.75) is 6.92 Å².